The fraction of sp³-hybridized carbons (Fsp3) is 0.500. The second-order valence-electron chi connectivity index (χ2n) is 5.69. The zero-order valence-electron chi connectivity index (χ0n) is 16.0. The predicted molar refractivity (Wildman–Crippen MR) is 100 cm³/mol. The molecule has 0 spiro atoms. The maximum Gasteiger partial charge on any atom is 0.338 e. The highest BCUT2D eigenvalue weighted by Crippen LogP contribution is 2.36. The van der Waals surface area contributed by atoms with Gasteiger partial charge in [0.25, 0.3) is 5.91 Å². The van der Waals surface area contributed by atoms with Crippen LogP contribution in [0.3, 0.4) is 0 Å². The van der Waals surface area contributed by atoms with Crippen LogP contribution < -0.4 is 14.8 Å². The van der Waals surface area contributed by atoms with Gasteiger partial charge in [0.05, 0.1) is 30.8 Å². The van der Waals surface area contributed by atoms with Gasteiger partial charge in [-0.1, -0.05) is 24.9 Å². The molecule has 0 saturated heterocycles. The lowest BCUT2D eigenvalue weighted by atomic mass is 10.2. The lowest BCUT2D eigenvalue weighted by Gasteiger charge is -2.16. The Morgan fingerprint density at radius 2 is 1.96 bits per heavy atom. The van der Waals surface area contributed by atoms with Gasteiger partial charge in [0, 0.05) is 14.1 Å². The number of ether oxygens (including phenoxy) is 3. The Hall–Kier alpha value is -2.48. The van der Waals surface area contributed by atoms with Crippen LogP contribution in [-0.2, 0) is 14.3 Å². The average molecular weight is 401 g/mol. The molecule has 1 N–H and O–H groups in total. The number of benzene rings is 1. The van der Waals surface area contributed by atoms with E-state index in [2.05, 4.69) is 5.32 Å². The molecule has 0 aromatic heterocycles. The number of nitrogens with zero attached hydrogens (tertiary/aromatic N) is 1. The predicted octanol–water partition coefficient (Wildman–Crippen LogP) is 1.89. The molecule has 0 radical (unpaired) electrons. The van der Waals surface area contributed by atoms with Gasteiger partial charge in [0.15, 0.2) is 18.1 Å². The number of hydrogen-bond acceptors (Lipinski definition) is 6. The van der Waals surface area contributed by atoms with Crippen LogP contribution in [-0.4, -0.2) is 63.6 Å². The van der Waals surface area contributed by atoms with Gasteiger partial charge in [-0.3, -0.25) is 9.59 Å². The van der Waals surface area contributed by atoms with E-state index >= 15 is 0 Å². The number of likely N-dealkylation sites (N-methyl/N-ethyl adjacent to an activating group) is 2. The lowest BCUT2D eigenvalue weighted by molar-refractivity contribution is -0.137. The van der Waals surface area contributed by atoms with Crippen molar-refractivity contribution in [3.8, 4) is 11.5 Å². The highest BCUT2D eigenvalue weighted by molar-refractivity contribution is 6.32. The molecular weight excluding hydrogens is 376 g/mol. The zero-order valence-corrected chi connectivity index (χ0v) is 16.7. The van der Waals surface area contributed by atoms with E-state index in [9.17, 15) is 14.4 Å². The van der Waals surface area contributed by atoms with E-state index in [0.717, 1.165) is 17.7 Å². The van der Waals surface area contributed by atoms with Crippen LogP contribution in [0.2, 0.25) is 5.02 Å². The average Bonchev–Trinajstić information content (AvgIpc) is 2.66. The summed E-state index contributed by atoms with van der Waals surface area (Å²) in [6.45, 7) is 1.88. The molecule has 0 unspecified atom stereocenters. The van der Waals surface area contributed by atoms with Crippen LogP contribution in [0.15, 0.2) is 12.1 Å². The first-order chi connectivity index (χ1) is 12.8. The normalized spacial score (nSPS) is 10.1. The van der Waals surface area contributed by atoms with Crippen LogP contribution in [0.25, 0.3) is 0 Å². The molecule has 0 aliphatic carbocycles. The molecule has 150 valence electrons. The number of methoxy groups -OCH3 is 1. The maximum absolute atomic E-state index is 12.2. The zero-order chi connectivity index (χ0) is 20.4. The molecule has 1 aromatic carbocycles. The summed E-state index contributed by atoms with van der Waals surface area (Å²) < 4.78 is 15.8. The maximum atomic E-state index is 12.2. The van der Waals surface area contributed by atoms with Crippen molar-refractivity contribution in [3.63, 3.8) is 0 Å². The van der Waals surface area contributed by atoms with Gasteiger partial charge in [-0.15, -0.1) is 0 Å². The first kappa shape index (κ1) is 22.6. The van der Waals surface area contributed by atoms with E-state index in [-0.39, 0.29) is 23.0 Å². The third kappa shape index (κ3) is 6.97. The molecule has 0 atom stereocenters. The molecule has 8 nitrogen and oxygen atoms in total. The third-order valence-electron chi connectivity index (χ3n) is 3.62. The molecule has 0 saturated carbocycles. The minimum Gasteiger partial charge on any atom is -0.493 e. The van der Waals surface area contributed by atoms with Crippen molar-refractivity contribution in [1.82, 2.24) is 10.2 Å². The van der Waals surface area contributed by atoms with E-state index in [4.69, 9.17) is 25.8 Å². The highest BCUT2D eigenvalue weighted by Gasteiger charge is 2.19. The van der Waals surface area contributed by atoms with Gasteiger partial charge in [-0.25, -0.2) is 4.79 Å². The van der Waals surface area contributed by atoms with E-state index in [1.165, 1.54) is 33.3 Å². The lowest BCUT2D eigenvalue weighted by Crippen LogP contribution is -2.39. The molecular formula is C18H25ClN2O6. The summed E-state index contributed by atoms with van der Waals surface area (Å²) >= 11 is 6.19. The van der Waals surface area contributed by atoms with Crippen molar-refractivity contribution >= 4 is 29.4 Å². The first-order valence-corrected chi connectivity index (χ1v) is 8.83. The molecule has 27 heavy (non-hydrogen) atoms. The third-order valence-corrected chi connectivity index (χ3v) is 3.90. The summed E-state index contributed by atoms with van der Waals surface area (Å²) in [6, 6.07) is 2.83. The Bertz CT molecular complexity index is 680. The van der Waals surface area contributed by atoms with E-state index < -0.39 is 18.5 Å². The van der Waals surface area contributed by atoms with Crippen molar-refractivity contribution < 1.29 is 28.6 Å². The fourth-order valence-corrected chi connectivity index (χ4v) is 2.27. The smallest absolute Gasteiger partial charge is 0.338 e. The van der Waals surface area contributed by atoms with Crippen LogP contribution in [0.1, 0.15) is 30.1 Å². The van der Waals surface area contributed by atoms with Gasteiger partial charge in [0.2, 0.25) is 5.91 Å². The number of carbonyl (C=O) groups excluding carboxylic acids is 3. The molecule has 9 heteroatoms. The number of esters is 1. The summed E-state index contributed by atoms with van der Waals surface area (Å²) in [7, 11) is 4.34. The van der Waals surface area contributed by atoms with Gasteiger partial charge >= 0.3 is 5.97 Å². The minimum atomic E-state index is -0.739. The van der Waals surface area contributed by atoms with Crippen LogP contribution in [0.5, 0.6) is 11.5 Å². The minimum absolute atomic E-state index is 0.126. The van der Waals surface area contributed by atoms with E-state index in [1.807, 2.05) is 6.92 Å². The number of amides is 2. The Morgan fingerprint density at radius 1 is 1.26 bits per heavy atom. The molecule has 0 aliphatic heterocycles. The quantitative estimate of drug-likeness (QED) is 0.476. The van der Waals surface area contributed by atoms with Crippen molar-refractivity contribution in [1.29, 1.82) is 0 Å². The van der Waals surface area contributed by atoms with Gasteiger partial charge < -0.3 is 24.4 Å². The summed E-state index contributed by atoms with van der Waals surface area (Å²) in [6.07, 6.45) is 1.82. The van der Waals surface area contributed by atoms with Crippen molar-refractivity contribution in [2.45, 2.75) is 19.8 Å². The number of nitrogens with one attached hydrogen (secondary N) is 1. The van der Waals surface area contributed by atoms with Gasteiger partial charge in [0.1, 0.15) is 0 Å². The Labute approximate surface area is 163 Å². The largest absolute Gasteiger partial charge is 0.493 e. The van der Waals surface area contributed by atoms with E-state index in [1.54, 1.807) is 0 Å². The molecule has 0 aliphatic rings. The Morgan fingerprint density at radius 3 is 2.56 bits per heavy atom. The summed E-state index contributed by atoms with van der Waals surface area (Å²) in [5.41, 5.74) is 0.126. The van der Waals surface area contributed by atoms with Crippen molar-refractivity contribution in [3.05, 3.63) is 22.7 Å². The fourth-order valence-electron chi connectivity index (χ4n) is 2.00. The number of halogens is 1. The molecule has 1 rings (SSSR count). The summed E-state index contributed by atoms with van der Waals surface area (Å²) in [5.74, 6) is -0.923. The topological polar surface area (TPSA) is 94.2 Å². The molecule has 2 amide bonds. The first-order valence-electron chi connectivity index (χ1n) is 8.46. The molecule has 0 bridgehead atoms. The second-order valence-corrected chi connectivity index (χ2v) is 6.10. The van der Waals surface area contributed by atoms with Gasteiger partial charge in [-0.05, 0) is 18.6 Å². The van der Waals surface area contributed by atoms with Gasteiger partial charge in [-0.2, -0.15) is 0 Å². The number of rotatable bonds is 10. The molecule has 0 heterocycles. The number of hydrogen-bond donors (Lipinski definition) is 1. The van der Waals surface area contributed by atoms with Crippen molar-refractivity contribution in [2.24, 2.45) is 0 Å². The summed E-state index contributed by atoms with van der Waals surface area (Å²) in [4.78, 5) is 36.6. The number of carbonyl (C=O) groups is 3. The van der Waals surface area contributed by atoms with Crippen LogP contribution >= 0.6 is 11.6 Å². The second kappa shape index (κ2) is 11.3. The SMILES string of the molecule is CCCCOc1c(Cl)cc(C(=O)OCC(=O)N(C)CC(=O)NC)cc1OC. The van der Waals surface area contributed by atoms with Crippen LogP contribution in [0.4, 0.5) is 0 Å². The Balaban J connectivity index is 2.76. The summed E-state index contributed by atoms with van der Waals surface area (Å²) in [5, 5.41) is 2.61. The molecule has 1 aromatic rings. The van der Waals surface area contributed by atoms with Crippen molar-refractivity contribution in [2.75, 3.05) is 41.0 Å². The number of unbranched alkanes of at least 4 members (excludes halogenated alkanes) is 1. The standard InChI is InChI=1S/C18H25ClN2O6/c1-5-6-7-26-17-13(19)8-12(9-14(17)25-4)18(24)27-11-16(23)21(3)10-15(22)20-2/h8-9H,5-7,10-11H2,1-4H3,(H,20,22). The Kier molecular flexibility index (Phi) is 9.42. The molecule has 0 fully saturated rings. The van der Waals surface area contributed by atoms with E-state index in [0.29, 0.717) is 18.1 Å². The highest BCUT2D eigenvalue weighted by atomic mass is 35.5. The van der Waals surface area contributed by atoms with Crippen LogP contribution in [0, 0.1) is 0 Å². The monoisotopic (exact) mass is 400 g/mol.